The molecule has 3 heteroatoms. The SMILES string of the molecule is NC1(c2cccc(C(=O)NC3CCC3)c2)CC1. The molecule has 0 radical (unpaired) electrons. The van der Waals surface area contributed by atoms with E-state index in [1.165, 1.54) is 6.42 Å². The molecule has 1 aromatic carbocycles. The standard InChI is InChI=1S/C14H18N2O/c15-14(7-8-14)11-4-1-3-10(9-11)13(17)16-12-5-2-6-12/h1,3-4,9,12H,2,5-8,15H2,(H,16,17). The second-order valence-electron chi connectivity index (χ2n) is 5.34. The first-order valence-electron chi connectivity index (χ1n) is 6.38. The fourth-order valence-corrected chi connectivity index (χ4v) is 2.21. The van der Waals surface area contributed by atoms with E-state index in [1.54, 1.807) is 0 Å². The molecule has 0 spiro atoms. The molecule has 0 aromatic heterocycles. The third-order valence-corrected chi connectivity index (χ3v) is 3.93. The maximum atomic E-state index is 12.0. The molecule has 0 atom stereocenters. The number of carbonyl (C=O) groups excluding carboxylic acids is 1. The van der Waals surface area contributed by atoms with Gasteiger partial charge in [-0.05, 0) is 49.8 Å². The zero-order valence-corrected chi connectivity index (χ0v) is 9.91. The van der Waals surface area contributed by atoms with Crippen LogP contribution in [0.25, 0.3) is 0 Å². The van der Waals surface area contributed by atoms with Crippen LogP contribution in [0, 0.1) is 0 Å². The highest BCUT2D eigenvalue weighted by Crippen LogP contribution is 2.42. The Balaban J connectivity index is 1.75. The topological polar surface area (TPSA) is 55.1 Å². The summed E-state index contributed by atoms with van der Waals surface area (Å²) < 4.78 is 0. The second-order valence-corrected chi connectivity index (χ2v) is 5.34. The minimum atomic E-state index is -0.160. The first-order valence-corrected chi connectivity index (χ1v) is 6.38. The van der Waals surface area contributed by atoms with Crippen molar-refractivity contribution < 1.29 is 4.79 Å². The molecule has 2 saturated carbocycles. The van der Waals surface area contributed by atoms with E-state index < -0.39 is 0 Å². The van der Waals surface area contributed by atoms with Crippen LogP contribution >= 0.6 is 0 Å². The molecular weight excluding hydrogens is 212 g/mol. The summed E-state index contributed by atoms with van der Waals surface area (Å²) in [6, 6.07) is 8.15. The van der Waals surface area contributed by atoms with Crippen LogP contribution in [0.3, 0.4) is 0 Å². The Kier molecular flexibility index (Phi) is 2.44. The molecule has 0 heterocycles. The third kappa shape index (κ3) is 2.07. The summed E-state index contributed by atoms with van der Waals surface area (Å²) in [6.45, 7) is 0. The lowest BCUT2D eigenvalue weighted by Crippen LogP contribution is -2.39. The summed E-state index contributed by atoms with van der Waals surface area (Å²) in [5, 5.41) is 3.05. The van der Waals surface area contributed by atoms with Crippen molar-refractivity contribution in [2.24, 2.45) is 5.73 Å². The lowest BCUT2D eigenvalue weighted by Gasteiger charge is -2.26. The van der Waals surface area contributed by atoms with Crippen molar-refractivity contribution in [3.8, 4) is 0 Å². The zero-order chi connectivity index (χ0) is 11.9. The smallest absolute Gasteiger partial charge is 0.251 e. The molecule has 2 aliphatic rings. The molecule has 0 unspecified atom stereocenters. The van der Waals surface area contributed by atoms with Gasteiger partial charge in [-0.15, -0.1) is 0 Å². The maximum absolute atomic E-state index is 12.0. The Morgan fingerprint density at radius 3 is 2.71 bits per heavy atom. The van der Waals surface area contributed by atoms with Crippen LogP contribution in [0.15, 0.2) is 24.3 Å². The number of carbonyl (C=O) groups is 1. The molecule has 1 amide bonds. The van der Waals surface area contributed by atoms with Gasteiger partial charge in [0.05, 0.1) is 0 Å². The average molecular weight is 230 g/mol. The fraction of sp³-hybridized carbons (Fsp3) is 0.500. The summed E-state index contributed by atoms with van der Waals surface area (Å²) in [7, 11) is 0. The lowest BCUT2D eigenvalue weighted by molar-refractivity contribution is 0.0917. The van der Waals surface area contributed by atoms with Crippen molar-refractivity contribution in [3.63, 3.8) is 0 Å². The van der Waals surface area contributed by atoms with Crippen LogP contribution in [0.4, 0.5) is 0 Å². The van der Waals surface area contributed by atoms with E-state index in [0.717, 1.165) is 36.8 Å². The third-order valence-electron chi connectivity index (χ3n) is 3.93. The number of nitrogens with two attached hydrogens (primary N) is 1. The van der Waals surface area contributed by atoms with Crippen LogP contribution in [0.1, 0.15) is 48.0 Å². The maximum Gasteiger partial charge on any atom is 0.251 e. The van der Waals surface area contributed by atoms with Gasteiger partial charge in [-0.25, -0.2) is 0 Å². The summed E-state index contributed by atoms with van der Waals surface area (Å²) in [4.78, 5) is 12.0. The molecule has 0 saturated heterocycles. The van der Waals surface area contributed by atoms with E-state index in [-0.39, 0.29) is 11.4 Å². The summed E-state index contributed by atoms with van der Waals surface area (Å²) in [6.07, 6.45) is 5.52. The number of rotatable bonds is 3. The molecule has 2 aliphatic carbocycles. The summed E-state index contributed by atoms with van der Waals surface area (Å²) >= 11 is 0. The molecule has 0 aliphatic heterocycles. The van der Waals surface area contributed by atoms with E-state index in [1.807, 2.05) is 24.3 Å². The number of hydrogen-bond donors (Lipinski definition) is 2. The van der Waals surface area contributed by atoms with Crippen molar-refractivity contribution in [2.45, 2.75) is 43.7 Å². The Bertz CT molecular complexity index is 447. The molecule has 3 rings (SSSR count). The van der Waals surface area contributed by atoms with Crippen LogP contribution in [0.2, 0.25) is 0 Å². The molecular formula is C14H18N2O. The van der Waals surface area contributed by atoms with Crippen LogP contribution < -0.4 is 11.1 Å². The van der Waals surface area contributed by atoms with Gasteiger partial charge in [0.2, 0.25) is 0 Å². The molecule has 90 valence electrons. The highest BCUT2D eigenvalue weighted by atomic mass is 16.1. The predicted molar refractivity (Wildman–Crippen MR) is 66.6 cm³/mol. The number of benzene rings is 1. The molecule has 3 N–H and O–H groups in total. The van der Waals surface area contributed by atoms with Crippen molar-refractivity contribution in [1.29, 1.82) is 0 Å². The summed E-state index contributed by atoms with van der Waals surface area (Å²) in [5.74, 6) is 0.0424. The normalized spacial score (nSPS) is 21.7. The van der Waals surface area contributed by atoms with Gasteiger partial charge in [0.1, 0.15) is 0 Å². The van der Waals surface area contributed by atoms with E-state index in [4.69, 9.17) is 5.73 Å². The predicted octanol–water partition coefficient (Wildman–Crippen LogP) is 1.92. The van der Waals surface area contributed by atoms with Crippen LogP contribution in [-0.4, -0.2) is 11.9 Å². The van der Waals surface area contributed by atoms with E-state index >= 15 is 0 Å². The van der Waals surface area contributed by atoms with Gasteiger partial charge < -0.3 is 11.1 Å². The van der Waals surface area contributed by atoms with Gasteiger partial charge >= 0.3 is 0 Å². The van der Waals surface area contributed by atoms with Gasteiger partial charge in [0.25, 0.3) is 5.91 Å². The quantitative estimate of drug-likeness (QED) is 0.833. The van der Waals surface area contributed by atoms with E-state index in [9.17, 15) is 4.79 Å². The van der Waals surface area contributed by atoms with E-state index in [0.29, 0.717) is 6.04 Å². The molecule has 17 heavy (non-hydrogen) atoms. The number of hydrogen-bond acceptors (Lipinski definition) is 2. The molecule has 0 bridgehead atoms. The van der Waals surface area contributed by atoms with Crippen molar-refractivity contribution in [2.75, 3.05) is 0 Å². The highest BCUT2D eigenvalue weighted by molar-refractivity contribution is 5.94. The molecule has 3 nitrogen and oxygen atoms in total. The van der Waals surface area contributed by atoms with Crippen molar-refractivity contribution in [3.05, 3.63) is 35.4 Å². The largest absolute Gasteiger partial charge is 0.349 e. The van der Waals surface area contributed by atoms with Gasteiger partial charge in [-0.3, -0.25) is 4.79 Å². The lowest BCUT2D eigenvalue weighted by atomic mass is 9.92. The fourth-order valence-electron chi connectivity index (χ4n) is 2.21. The Hall–Kier alpha value is -1.35. The number of amides is 1. The van der Waals surface area contributed by atoms with Crippen molar-refractivity contribution in [1.82, 2.24) is 5.32 Å². The number of nitrogens with one attached hydrogen (secondary N) is 1. The van der Waals surface area contributed by atoms with Crippen LogP contribution in [-0.2, 0) is 5.54 Å². The van der Waals surface area contributed by atoms with Gasteiger partial charge in [-0.1, -0.05) is 12.1 Å². The second kappa shape index (κ2) is 3.84. The van der Waals surface area contributed by atoms with Gasteiger partial charge in [0.15, 0.2) is 0 Å². The summed E-state index contributed by atoms with van der Waals surface area (Å²) in [5.41, 5.74) is 7.82. The first kappa shape index (κ1) is 10.8. The minimum Gasteiger partial charge on any atom is -0.349 e. The highest BCUT2D eigenvalue weighted by Gasteiger charge is 2.40. The Morgan fingerprint density at radius 2 is 2.12 bits per heavy atom. The zero-order valence-electron chi connectivity index (χ0n) is 9.91. The van der Waals surface area contributed by atoms with Crippen LogP contribution in [0.5, 0.6) is 0 Å². The first-order chi connectivity index (χ1) is 8.17. The Labute approximate surface area is 101 Å². The van der Waals surface area contributed by atoms with E-state index in [2.05, 4.69) is 5.32 Å². The van der Waals surface area contributed by atoms with Gasteiger partial charge in [0, 0.05) is 17.1 Å². The molecule has 2 fully saturated rings. The molecule has 1 aromatic rings. The minimum absolute atomic E-state index is 0.0424. The van der Waals surface area contributed by atoms with Gasteiger partial charge in [-0.2, -0.15) is 0 Å². The average Bonchev–Trinajstić information content (AvgIpc) is 3.03. The monoisotopic (exact) mass is 230 g/mol. The van der Waals surface area contributed by atoms with Crippen molar-refractivity contribution >= 4 is 5.91 Å². The Morgan fingerprint density at radius 1 is 1.35 bits per heavy atom.